The van der Waals surface area contributed by atoms with Gasteiger partial charge in [0.05, 0.1) is 33.8 Å². The Morgan fingerprint density at radius 3 is 1.25 bits per heavy atom. The average molecular weight is 1070 g/mol. The Morgan fingerprint density at radius 2 is 0.813 bits per heavy atom. The number of unbranched alkanes of at least 4 members (excludes halogenated alkanes) is 27. The number of hydrogen-bond donors (Lipinski definition) is 1. The molecule has 1 amide bonds. The van der Waals surface area contributed by atoms with Crippen molar-refractivity contribution in [3.05, 3.63) is 85.1 Å². The van der Waals surface area contributed by atoms with Crippen molar-refractivity contribution in [2.45, 2.75) is 277 Å². The molecule has 0 aliphatic heterocycles. The summed E-state index contributed by atoms with van der Waals surface area (Å²) < 4.78 is 30.3. The summed E-state index contributed by atoms with van der Waals surface area (Å²) in [5.74, 6) is -0.583. The van der Waals surface area contributed by atoms with E-state index in [2.05, 4.69) is 99.0 Å². The van der Waals surface area contributed by atoms with Crippen LogP contribution in [0.1, 0.15) is 265 Å². The van der Waals surface area contributed by atoms with Crippen LogP contribution in [0.5, 0.6) is 0 Å². The van der Waals surface area contributed by atoms with Gasteiger partial charge in [0.2, 0.25) is 5.91 Å². The molecular formula is C65H117N2O7P. The molecule has 75 heavy (non-hydrogen) atoms. The molecule has 0 saturated heterocycles. The van der Waals surface area contributed by atoms with Gasteiger partial charge in [-0.05, 0) is 109 Å². The highest BCUT2D eigenvalue weighted by Crippen LogP contribution is 2.38. The summed E-state index contributed by atoms with van der Waals surface area (Å²) in [6.07, 6.45) is 71.2. The molecule has 0 rings (SSSR count). The van der Waals surface area contributed by atoms with E-state index < -0.39 is 26.6 Å². The highest BCUT2D eigenvalue weighted by molar-refractivity contribution is 7.45. The third-order valence-electron chi connectivity index (χ3n) is 13.3. The summed E-state index contributed by atoms with van der Waals surface area (Å²) in [5, 5.41) is 3.01. The number of phosphoric acid groups is 1. The monoisotopic (exact) mass is 1070 g/mol. The van der Waals surface area contributed by atoms with Gasteiger partial charge in [-0.15, -0.1) is 0 Å². The number of likely N-dealkylation sites (N-methyl/N-ethyl adjacent to an activating group) is 1. The first-order valence-corrected chi connectivity index (χ1v) is 32.4. The number of ether oxygens (including phenoxy) is 1. The Bertz CT molecular complexity index is 1560. The number of nitrogens with one attached hydrogen (secondary N) is 1. The molecule has 0 radical (unpaired) electrons. The molecule has 0 aliphatic carbocycles. The largest absolute Gasteiger partial charge is 0.756 e. The molecule has 0 aliphatic rings. The van der Waals surface area contributed by atoms with Gasteiger partial charge >= 0.3 is 5.97 Å². The first-order valence-electron chi connectivity index (χ1n) is 30.9. The Balaban J connectivity index is 5.30. The van der Waals surface area contributed by atoms with Crippen molar-refractivity contribution in [1.82, 2.24) is 5.32 Å². The second-order valence-corrected chi connectivity index (χ2v) is 23.3. The van der Waals surface area contributed by atoms with Crippen LogP contribution in [0, 0.1) is 0 Å². The van der Waals surface area contributed by atoms with Gasteiger partial charge in [-0.2, -0.15) is 0 Å². The van der Waals surface area contributed by atoms with Crippen molar-refractivity contribution < 1.29 is 37.3 Å². The number of allylic oxidation sites excluding steroid dienone is 13. The molecule has 9 nitrogen and oxygen atoms in total. The van der Waals surface area contributed by atoms with E-state index in [1.54, 1.807) is 0 Å². The minimum Gasteiger partial charge on any atom is -0.756 e. The van der Waals surface area contributed by atoms with Gasteiger partial charge in [-0.1, -0.05) is 228 Å². The van der Waals surface area contributed by atoms with E-state index in [-0.39, 0.29) is 31.3 Å². The summed E-state index contributed by atoms with van der Waals surface area (Å²) >= 11 is 0. The number of esters is 1. The number of phosphoric ester groups is 1. The second kappa shape index (κ2) is 54.5. The molecule has 0 fully saturated rings. The van der Waals surface area contributed by atoms with Crippen LogP contribution in [0.25, 0.3) is 0 Å². The van der Waals surface area contributed by atoms with Crippen LogP contribution in [-0.4, -0.2) is 69.4 Å². The lowest BCUT2D eigenvalue weighted by molar-refractivity contribution is -0.870. The van der Waals surface area contributed by atoms with Crippen molar-refractivity contribution in [2.75, 3.05) is 40.9 Å². The molecule has 0 aromatic rings. The van der Waals surface area contributed by atoms with Crippen LogP contribution in [-0.2, 0) is 27.9 Å². The smallest absolute Gasteiger partial charge is 0.306 e. The number of carbonyl (C=O) groups excluding carboxylic acids is 2. The predicted octanol–water partition coefficient (Wildman–Crippen LogP) is 18.4. The molecule has 10 heteroatoms. The second-order valence-electron chi connectivity index (χ2n) is 21.8. The molecule has 1 N–H and O–H groups in total. The zero-order valence-electron chi connectivity index (χ0n) is 49.5. The quantitative estimate of drug-likeness (QED) is 0.0212. The number of nitrogens with zero attached hydrogens (tertiary/aromatic N) is 1. The summed E-state index contributed by atoms with van der Waals surface area (Å²) in [6, 6.07) is -0.910. The van der Waals surface area contributed by atoms with Crippen LogP contribution >= 0.6 is 7.82 Å². The number of rotatable bonds is 55. The summed E-state index contributed by atoms with van der Waals surface area (Å²) in [7, 11) is 1.15. The average Bonchev–Trinajstić information content (AvgIpc) is 3.37. The third kappa shape index (κ3) is 55.7. The molecule has 0 aromatic carbocycles. The zero-order chi connectivity index (χ0) is 55.0. The van der Waals surface area contributed by atoms with Crippen LogP contribution < -0.4 is 10.2 Å². The summed E-state index contributed by atoms with van der Waals surface area (Å²) in [5.41, 5.74) is 0. The number of carbonyl (C=O) groups is 2. The maximum absolute atomic E-state index is 13.5. The first-order chi connectivity index (χ1) is 36.4. The van der Waals surface area contributed by atoms with E-state index in [4.69, 9.17) is 13.8 Å². The van der Waals surface area contributed by atoms with Crippen LogP contribution in [0.2, 0.25) is 0 Å². The fourth-order valence-corrected chi connectivity index (χ4v) is 9.20. The Hall–Kier alpha value is -2.81. The number of quaternary nitrogens is 1. The van der Waals surface area contributed by atoms with Gasteiger partial charge in [-0.25, -0.2) is 0 Å². The Kier molecular flexibility index (Phi) is 52.5. The molecule has 3 atom stereocenters. The summed E-state index contributed by atoms with van der Waals surface area (Å²) in [4.78, 5) is 39.9. The van der Waals surface area contributed by atoms with Gasteiger partial charge < -0.3 is 28.5 Å². The van der Waals surface area contributed by atoms with E-state index in [1.165, 1.54) is 128 Å². The Labute approximate surface area is 463 Å². The number of hydrogen-bond acceptors (Lipinski definition) is 7. The molecule has 3 unspecified atom stereocenters. The van der Waals surface area contributed by atoms with E-state index in [0.717, 1.165) is 96.3 Å². The Morgan fingerprint density at radius 1 is 0.467 bits per heavy atom. The minimum absolute atomic E-state index is 0.0327. The standard InChI is InChI=1S/C65H117N2O7P/c1-7-10-13-16-19-22-25-27-29-31-33-35-37-39-42-45-48-51-54-57-64(68)66-62(61-73-75(70,71)72-60-59-67(4,5)6)63(56-53-50-47-44-41-24-21-18-15-12-9-3)74-65(69)58-55-52-49-46-43-40-38-36-34-32-30-28-26-23-20-17-14-11-8-2/h19-20,22-23,27-30,33,35,39,42,53,56,62-63H,7-18,21,24-26,31-32,34,36-38,40-41,43-52,54-55,57-61H2,1-6H3,(H-,66,68,70,71)/b22-19-,23-20-,29-27-,30-28-,35-33-,42-39-,56-53+. The summed E-state index contributed by atoms with van der Waals surface area (Å²) in [6.45, 7) is 6.75. The van der Waals surface area contributed by atoms with Crippen molar-refractivity contribution in [2.24, 2.45) is 0 Å². The zero-order valence-corrected chi connectivity index (χ0v) is 50.4. The van der Waals surface area contributed by atoms with Crippen LogP contribution in [0.4, 0.5) is 0 Å². The normalized spacial score (nSPS) is 14.3. The lowest BCUT2D eigenvalue weighted by Gasteiger charge is -2.30. The molecule has 0 spiro atoms. The fraction of sp³-hybridized carbons (Fsp3) is 0.754. The molecule has 0 heterocycles. The van der Waals surface area contributed by atoms with Crippen molar-refractivity contribution in [3.63, 3.8) is 0 Å². The number of amides is 1. The van der Waals surface area contributed by atoms with Gasteiger partial charge in [0.1, 0.15) is 19.3 Å². The highest BCUT2D eigenvalue weighted by Gasteiger charge is 2.27. The van der Waals surface area contributed by atoms with Crippen molar-refractivity contribution in [1.29, 1.82) is 0 Å². The van der Waals surface area contributed by atoms with Crippen molar-refractivity contribution >= 4 is 19.7 Å². The van der Waals surface area contributed by atoms with E-state index in [9.17, 15) is 19.0 Å². The maximum atomic E-state index is 13.5. The van der Waals surface area contributed by atoms with Gasteiger partial charge in [0.25, 0.3) is 7.82 Å². The van der Waals surface area contributed by atoms with Gasteiger partial charge in [0.15, 0.2) is 0 Å². The molecule has 0 bridgehead atoms. The topological polar surface area (TPSA) is 114 Å². The lowest BCUT2D eigenvalue weighted by atomic mass is 10.1. The molecule has 0 saturated carbocycles. The van der Waals surface area contributed by atoms with Gasteiger partial charge in [-0.3, -0.25) is 14.2 Å². The van der Waals surface area contributed by atoms with E-state index >= 15 is 0 Å². The molecule has 434 valence electrons. The minimum atomic E-state index is -4.71. The third-order valence-corrected chi connectivity index (χ3v) is 14.3. The maximum Gasteiger partial charge on any atom is 0.306 e. The van der Waals surface area contributed by atoms with Crippen LogP contribution in [0.15, 0.2) is 85.1 Å². The molecule has 0 aromatic heterocycles. The van der Waals surface area contributed by atoms with Gasteiger partial charge in [0, 0.05) is 12.8 Å². The van der Waals surface area contributed by atoms with Crippen LogP contribution in [0.3, 0.4) is 0 Å². The molecular weight excluding hydrogens is 952 g/mol. The van der Waals surface area contributed by atoms with E-state index in [1.807, 2.05) is 33.3 Å². The predicted molar refractivity (Wildman–Crippen MR) is 321 cm³/mol. The highest BCUT2D eigenvalue weighted by atomic mass is 31.2. The van der Waals surface area contributed by atoms with E-state index in [0.29, 0.717) is 17.4 Å². The first kappa shape index (κ1) is 72.2. The fourth-order valence-electron chi connectivity index (χ4n) is 8.48. The SMILES string of the molecule is CCCCC/C=C\C/C=C\C/C=C\C/C=C\CCCCCC(=O)NC(COP(=O)([O-])OCC[N+](C)(C)C)C(/C=C/CCCCCCCCCCC)OC(=O)CCCCCCCCCCC/C=C\C/C=C\CCCCC. The van der Waals surface area contributed by atoms with Crippen molar-refractivity contribution in [3.8, 4) is 0 Å². The lowest BCUT2D eigenvalue weighted by Crippen LogP contribution is -2.47.